The summed E-state index contributed by atoms with van der Waals surface area (Å²) >= 11 is 0. The van der Waals surface area contributed by atoms with Gasteiger partial charge in [-0.05, 0) is 42.8 Å². The highest BCUT2D eigenvalue weighted by Gasteiger charge is 2.22. The second-order valence-electron chi connectivity index (χ2n) is 5.30. The number of nitro benzene ring substituents is 1. The number of rotatable bonds is 4. The lowest BCUT2D eigenvalue weighted by Gasteiger charge is -2.06. The van der Waals surface area contributed by atoms with E-state index in [1.165, 1.54) is 36.4 Å². The maximum Gasteiger partial charge on any atom is 0.280 e. The Hall–Kier alpha value is -3.42. The fraction of sp³-hybridized carbons (Fsp3) is 0.118. The minimum atomic E-state index is -0.566. The number of amides is 1. The zero-order chi connectivity index (χ0) is 18.0. The van der Waals surface area contributed by atoms with Gasteiger partial charge in [0.1, 0.15) is 5.82 Å². The van der Waals surface area contributed by atoms with Crippen LogP contribution in [0.15, 0.2) is 36.4 Å². The number of nitro groups is 1. The lowest BCUT2D eigenvalue weighted by Crippen LogP contribution is -2.09. The van der Waals surface area contributed by atoms with E-state index >= 15 is 0 Å². The number of hydrogen-bond donors (Lipinski definition) is 1. The molecule has 1 aliphatic heterocycles. The van der Waals surface area contributed by atoms with Crippen molar-refractivity contribution >= 4 is 23.4 Å². The quantitative estimate of drug-likeness (QED) is 0.521. The van der Waals surface area contributed by atoms with Gasteiger partial charge in [-0.2, -0.15) is 0 Å². The van der Waals surface area contributed by atoms with Crippen molar-refractivity contribution in [2.24, 2.45) is 0 Å². The molecule has 128 valence electrons. The van der Waals surface area contributed by atoms with Gasteiger partial charge in [-0.1, -0.05) is 0 Å². The van der Waals surface area contributed by atoms with Crippen LogP contribution in [0.4, 0.5) is 15.8 Å². The van der Waals surface area contributed by atoms with Gasteiger partial charge in [-0.25, -0.2) is 4.39 Å². The first kappa shape index (κ1) is 16.4. The van der Waals surface area contributed by atoms with Crippen molar-refractivity contribution in [3.8, 4) is 11.5 Å². The van der Waals surface area contributed by atoms with Crippen LogP contribution in [0.3, 0.4) is 0 Å². The summed E-state index contributed by atoms with van der Waals surface area (Å²) in [6.07, 6.45) is 2.47. The van der Waals surface area contributed by atoms with Crippen LogP contribution in [0.5, 0.6) is 11.5 Å². The van der Waals surface area contributed by atoms with Crippen molar-refractivity contribution < 1.29 is 23.6 Å². The number of carbonyl (C=O) groups is 1. The molecule has 2 aromatic carbocycles. The van der Waals surface area contributed by atoms with Gasteiger partial charge >= 0.3 is 0 Å². The summed E-state index contributed by atoms with van der Waals surface area (Å²) in [4.78, 5) is 22.6. The Morgan fingerprint density at radius 3 is 2.68 bits per heavy atom. The number of hydrogen-bond acceptors (Lipinski definition) is 5. The van der Waals surface area contributed by atoms with Crippen molar-refractivity contribution in [1.29, 1.82) is 0 Å². The van der Waals surface area contributed by atoms with Gasteiger partial charge in [0.15, 0.2) is 11.5 Å². The smallest absolute Gasteiger partial charge is 0.280 e. The molecule has 0 atom stereocenters. The molecule has 0 saturated carbocycles. The summed E-state index contributed by atoms with van der Waals surface area (Å²) in [6, 6.07) is 6.66. The van der Waals surface area contributed by atoms with Gasteiger partial charge in [-0.3, -0.25) is 14.9 Å². The Labute approximate surface area is 141 Å². The average molecular weight is 344 g/mol. The summed E-state index contributed by atoms with van der Waals surface area (Å²) in [7, 11) is 0. The number of anilines is 1. The Morgan fingerprint density at radius 2 is 2.00 bits per heavy atom. The van der Waals surface area contributed by atoms with Crippen molar-refractivity contribution in [2.45, 2.75) is 6.92 Å². The number of halogens is 1. The summed E-state index contributed by atoms with van der Waals surface area (Å²) in [5.41, 5.74) is 1.03. The largest absolute Gasteiger partial charge is 0.454 e. The molecule has 25 heavy (non-hydrogen) atoms. The van der Waals surface area contributed by atoms with E-state index in [0.29, 0.717) is 17.0 Å². The molecule has 3 rings (SSSR count). The third kappa shape index (κ3) is 3.57. The molecule has 0 saturated heterocycles. The number of carbonyl (C=O) groups excluding carboxylic acids is 1. The van der Waals surface area contributed by atoms with Crippen LogP contribution in [0.2, 0.25) is 0 Å². The standard InChI is InChI=1S/C17H13FN2O5/c1-10-6-12(18)3-4-13(10)19-17(21)5-2-11-7-15-16(25-9-24-15)8-14(11)20(22)23/h2-8H,9H2,1H3,(H,19,21)/b5-2+. The minimum Gasteiger partial charge on any atom is -0.454 e. The Bertz CT molecular complexity index is 895. The monoisotopic (exact) mass is 344 g/mol. The van der Waals surface area contributed by atoms with E-state index in [-0.39, 0.29) is 23.8 Å². The summed E-state index contributed by atoms with van der Waals surface area (Å²) in [5, 5.41) is 13.8. The topological polar surface area (TPSA) is 90.7 Å². The Balaban J connectivity index is 1.81. The molecule has 0 radical (unpaired) electrons. The second kappa shape index (κ2) is 6.60. The molecule has 0 fully saturated rings. The highest BCUT2D eigenvalue weighted by atomic mass is 19.1. The predicted molar refractivity (Wildman–Crippen MR) is 88.0 cm³/mol. The lowest BCUT2D eigenvalue weighted by atomic mass is 10.1. The van der Waals surface area contributed by atoms with Gasteiger partial charge in [0.25, 0.3) is 5.69 Å². The van der Waals surface area contributed by atoms with Crippen LogP contribution in [-0.4, -0.2) is 17.6 Å². The molecule has 1 N–H and O–H groups in total. The maximum absolute atomic E-state index is 13.1. The summed E-state index contributed by atoms with van der Waals surface area (Å²) in [5.74, 6) is -0.237. The lowest BCUT2D eigenvalue weighted by molar-refractivity contribution is -0.385. The third-order valence-corrected chi connectivity index (χ3v) is 3.58. The van der Waals surface area contributed by atoms with Crippen molar-refractivity contribution in [2.75, 3.05) is 12.1 Å². The molecule has 1 amide bonds. The Kier molecular flexibility index (Phi) is 4.34. The third-order valence-electron chi connectivity index (χ3n) is 3.58. The predicted octanol–water partition coefficient (Wildman–Crippen LogP) is 3.42. The Morgan fingerprint density at radius 1 is 1.28 bits per heavy atom. The van der Waals surface area contributed by atoms with Crippen molar-refractivity contribution in [1.82, 2.24) is 0 Å². The molecule has 1 aliphatic rings. The highest BCUT2D eigenvalue weighted by molar-refractivity contribution is 6.02. The average Bonchev–Trinajstić information content (AvgIpc) is 3.02. The minimum absolute atomic E-state index is 0.00994. The number of fused-ring (bicyclic) bond motifs is 1. The molecule has 8 heteroatoms. The van der Waals surface area contributed by atoms with Crippen LogP contribution >= 0.6 is 0 Å². The first-order chi connectivity index (χ1) is 11.9. The number of ether oxygens (including phenoxy) is 2. The zero-order valence-corrected chi connectivity index (χ0v) is 13.1. The fourth-order valence-electron chi connectivity index (χ4n) is 2.35. The number of aryl methyl sites for hydroxylation is 1. The van der Waals surface area contributed by atoms with Gasteiger partial charge in [0.05, 0.1) is 16.6 Å². The summed E-state index contributed by atoms with van der Waals surface area (Å²) < 4.78 is 23.4. The van der Waals surface area contributed by atoms with E-state index < -0.39 is 16.6 Å². The van der Waals surface area contributed by atoms with Crippen LogP contribution in [-0.2, 0) is 4.79 Å². The molecular weight excluding hydrogens is 331 g/mol. The molecule has 0 unspecified atom stereocenters. The normalized spacial score (nSPS) is 12.4. The second-order valence-corrected chi connectivity index (χ2v) is 5.30. The number of nitrogens with zero attached hydrogens (tertiary/aromatic N) is 1. The molecular formula is C17H13FN2O5. The molecule has 0 spiro atoms. The van der Waals surface area contributed by atoms with E-state index in [4.69, 9.17) is 9.47 Å². The SMILES string of the molecule is Cc1cc(F)ccc1NC(=O)/C=C/c1cc2c(cc1[N+](=O)[O-])OCO2. The van der Waals surface area contributed by atoms with Gasteiger partial charge in [0.2, 0.25) is 12.7 Å². The van der Waals surface area contributed by atoms with Crippen molar-refractivity contribution in [3.05, 3.63) is 63.5 Å². The molecule has 0 aliphatic carbocycles. The van der Waals surface area contributed by atoms with Crippen LogP contribution < -0.4 is 14.8 Å². The van der Waals surface area contributed by atoms with Crippen LogP contribution in [0.25, 0.3) is 6.08 Å². The fourth-order valence-corrected chi connectivity index (χ4v) is 2.35. The molecule has 0 aromatic heterocycles. The number of benzene rings is 2. The van der Waals surface area contributed by atoms with Gasteiger partial charge in [-0.15, -0.1) is 0 Å². The van der Waals surface area contributed by atoms with Gasteiger partial charge < -0.3 is 14.8 Å². The summed E-state index contributed by atoms with van der Waals surface area (Å²) in [6.45, 7) is 1.65. The highest BCUT2D eigenvalue weighted by Crippen LogP contribution is 2.38. The van der Waals surface area contributed by atoms with E-state index in [9.17, 15) is 19.3 Å². The van der Waals surface area contributed by atoms with Gasteiger partial charge in [0, 0.05) is 11.8 Å². The first-order valence-corrected chi connectivity index (χ1v) is 7.27. The van der Waals surface area contributed by atoms with E-state index in [1.54, 1.807) is 6.92 Å². The van der Waals surface area contributed by atoms with Crippen LogP contribution in [0, 0.1) is 22.9 Å². The molecule has 7 nitrogen and oxygen atoms in total. The molecule has 1 heterocycles. The first-order valence-electron chi connectivity index (χ1n) is 7.27. The van der Waals surface area contributed by atoms with E-state index in [2.05, 4.69) is 5.32 Å². The number of nitrogens with one attached hydrogen (secondary N) is 1. The van der Waals surface area contributed by atoms with E-state index in [0.717, 1.165) is 6.08 Å². The van der Waals surface area contributed by atoms with Crippen LogP contribution in [0.1, 0.15) is 11.1 Å². The van der Waals surface area contributed by atoms with Crippen molar-refractivity contribution in [3.63, 3.8) is 0 Å². The zero-order valence-electron chi connectivity index (χ0n) is 13.1. The molecule has 0 bridgehead atoms. The molecule has 2 aromatic rings. The van der Waals surface area contributed by atoms with E-state index in [1.807, 2.05) is 0 Å². The maximum atomic E-state index is 13.1.